The van der Waals surface area contributed by atoms with Crippen LogP contribution < -0.4 is 5.32 Å². The molecule has 23 heavy (non-hydrogen) atoms. The van der Waals surface area contributed by atoms with E-state index in [2.05, 4.69) is 15.3 Å². The minimum absolute atomic E-state index is 0.0713. The number of nitrogens with one attached hydrogen (secondary N) is 1. The fourth-order valence-electron chi connectivity index (χ4n) is 2.73. The molecule has 0 bridgehead atoms. The lowest BCUT2D eigenvalue weighted by atomic mass is 10.0. The summed E-state index contributed by atoms with van der Waals surface area (Å²) in [6.45, 7) is 6.56. The smallest absolute Gasteiger partial charge is 0.233 e. The van der Waals surface area contributed by atoms with E-state index in [1.807, 2.05) is 38.6 Å². The Bertz CT molecular complexity index is 498. The minimum Gasteiger partial charge on any atom is -0.354 e. The van der Waals surface area contributed by atoms with Gasteiger partial charge in [-0.05, 0) is 39.7 Å². The van der Waals surface area contributed by atoms with Gasteiger partial charge in [-0.3, -0.25) is 4.79 Å². The van der Waals surface area contributed by atoms with Crippen molar-refractivity contribution in [2.75, 3.05) is 12.3 Å². The van der Waals surface area contributed by atoms with E-state index in [1.165, 1.54) is 43.9 Å². The molecule has 1 aliphatic rings. The van der Waals surface area contributed by atoms with Crippen LogP contribution in [-0.4, -0.2) is 38.7 Å². The predicted molar refractivity (Wildman–Crippen MR) is 99.2 cm³/mol. The summed E-state index contributed by atoms with van der Waals surface area (Å²) in [5.74, 6) is 1.08. The molecule has 1 saturated carbocycles. The van der Waals surface area contributed by atoms with Crippen LogP contribution in [0.4, 0.5) is 0 Å². The van der Waals surface area contributed by atoms with E-state index < -0.39 is 0 Å². The Labute approximate surface area is 148 Å². The monoisotopic (exact) mass is 353 g/mol. The molecule has 1 N–H and O–H groups in total. The molecular weight excluding hydrogens is 326 g/mol. The number of hydrogen-bond acceptors (Lipinski definition) is 5. The molecule has 0 aliphatic heterocycles. The first-order valence-corrected chi connectivity index (χ1v) is 10.4. The first kappa shape index (κ1) is 18.6. The van der Waals surface area contributed by atoms with Gasteiger partial charge in [0.2, 0.25) is 5.91 Å². The van der Waals surface area contributed by atoms with Crippen molar-refractivity contribution in [2.45, 2.75) is 68.5 Å². The average Bonchev–Trinajstić information content (AvgIpc) is 2.51. The van der Waals surface area contributed by atoms with Crippen LogP contribution in [0.1, 0.15) is 50.4 Å². The molecule has 4 nitrogen and oxygen atoms in total. The second-order valence-corrected chi connectivity index (χ2v) is 8.83. The number of carbonyl (C=O) groups excluding carboxylic acids is 1. The Morgan fingerprint density at radius 1 is 1.26 bits per heavy atom. The minimum atomic E-state index is -0.170. The summed E-state index contributed by atoms with van der Waals surface area (Å²) in [6.07, 6.45) is 6.81. The molecular formula is C17H27N3OS2. The molecule has 1 heterocycles. The SMILES string of the molecule is Cc1cc(C)nc(S[C@@H](C)C(=O)NCCSC2CCCCC2)n1. The Hall–Kier alpha value is -0.750. The highest BCUT2D eigenvalue weighted by Crippen LogP contribution is 2.27. The van der Waals surface area contributed by atoms with Crippen LogP contribution in [-0.2, 0) is 4.79 Å². The molecule has 128 valence electrons. The van der Waals surface area contributed by atoms with Crippen LogP contribution in [0.3, 0.4) is 0 Å². The van der Waals surface area contributed by atoms with Crippen molar-refractivity contribution in [3.05, 3.63) is 17.5 Å². The molecule has 0 saturated heterocycles. The van der Waals surface area contributed by atoms with Crippen LogP contribution in [0.15, 0.2) is 11.2 Å². The van der Waals surface area contributed by atoms with Crippen molar-refractivity contribution >= 4 is 29.4 Å². The van der Waals surface area contributed by atoms with Crippen LogP contribution in [0.2, 0.25) is 0 Å². The normalized spacial score (nSPS) is 17.0. The lowest BCUT2D eigenvalue weighted by Crippen LogP contribution is -2.33. The highest BCUT2D eigenvalue weighted by molar-refractivity contribution is 8.00. The molecule has 1 atom stereocenters. The van der Waals surface area contributed by atoms with Gasteiger partial charge < -0.3 is 5.32 Å². The maximum atomic E-state index is 12.2. The second kappa shape index (κ2) is 9.52. The van der Waals surface area contributed by atoms with Gasteiger partial charge in [0.25, 0.3) is 0 Å². The van der Waals surface area contributed by atoms with Crippen molar-refractivity contribution in [2.24, 2.45) is 0 Å². The summed E-state index contributed by atoms with van der Waals surface area (Å²) >= 11 is 3.44. The van der Waals surface area contributed by atoms with E-state index in [-0.39, 0.29) is 11.2 Å². The van der Waals surface area contributed by atoms with Crippen molar-refractivity contribution in [3.8, 4) is 0 Å². The summed E-state index contributed by atoms with van der Waals surface area (Å²) in [6, 6.07) is 1.94. The van der Waals surface area contributed by atoms with Crippen LogP contribution in [0.25, 0.3) is 0 Å². The second-order valence-electron chi connectivity index (χ2n) is 6.12. The van der Waals surface area contributed by atoms with Gasteiger partial charge in [0.1, 0.15) is 0 Å². The van der Waals surface area contributed by atoms with Gasteiger partial charge >= 0.3 is 0 Å². The molecule has 0 spiro atoms. The Balaban J connectivity index is 1.68. The molecule has 1 aromatic heterocycles. The lowest BCUT2D eigenvalue weighted by Gasteiger charge is -2.21. The Morgan fingerprint density at radius 3 is 2.57 bits per heavy atom. The van der Waals surface area contributed by atoms with Crippen molar-refractivity contribution in [3.63, 3.8) is 0 Å². The first-order chi connectivity index (χ1) is 11.0. The molecule has 0 radical (unpaired) electrons. The maximum Gasteiger partial charge on any atom is 0.233 e. The number of aryl methyl sites for hydroxylation is 2. The van der Waals surface area contributed by atoms with Gasteiger partial charge in [-0.2, -0.15) is 11.8 Å². The van der Waals surface area contributed by atoms with E-state index in [0.717, 1.165) is 28.9 Å². The van der Waals surface area contributed by atoms with Crippen LogP contribution in [0.5, 0.6) is 0 Å². The summed E-state index contributed by atoms with van der Waals surface area (Å²) in [7, 11) is 0. The molecule has 0 unspecified atom stereocenters. The van der Waals surface area contributed by atoms with Gasteiger partial charge in [0.05, 0.1) is 5.25 Å². The zero-order chi connectivity index (χ0) is 16.7. The van der Waals surface area contributed by atoms with Crippen molar-refractivity contribution in [1.82, 2.24) is 15.3 Å². The van der Waals surface area contributed by atoms with E-state index >= 15 is 0 Å². The fourth-order valence-corrected chi connectivity index (χ4v) is 4.85. The summed E-state index contributed by atoms with van der Waals surface area (Å²) in [5.41, 5.74) is 1.88. The number of thioether (sulfide) groups is 2. The molecule has 1 amide bonds. The van der Waals surface area contributed by atoms with Crippen molar-refractivity contribution < 1.29 is 4.79 Å². The van der Waals surface area contributed by atoms with Gasteiger partial charge in [-0.1, -0.05) is 31.0 Å². The van der Waals surface area contributed by atoms with E-state index in [0.29, 0.717) is 5.16 Å². The number of aromatic nitrogens is 2. The quantitative estimate of drug-likeness (QED) is 0.459. The van der Waals surface area contributed by atoms with E-state index in [4.69, 9.17) is 0 Å². The van der Waals surface area contributed by atoms with Crippen LogP contribution in [0, 0.1) is 13.8 Å². The zero-order valence-electron chi connectivity index (χ0n) is 14.3. The third kappa shape index (κ3) is 6.71. The Morgan fingerprint density at radius 2 is 1.91 bits per heavy atom. The molecule has 1 aromatic rings. The summed E-state index contributed by atoms with van der Waals surface area (Å²) in [4.78, 5) is 20.9. The van der Waals surface area contributed by atoms with Crippen LogP contribution >= 0.6 is 23.5 Å². The number of carbonyl (C=O) groups is 1. The molecule has 2 rings (SSSR count). The topological polar surface area (TPSA) is 54.9 Å². The van der Waals surface area contributed by atoms with Gasteiger partial charge in [0.15, 0.2) is 5.16 Å². The summed E-state index contributed by atoms with van der Waals surface area (Å²) < 4.78 is 0. The van der Waals surface area contributed by atoms with E-state index in [9.17, 15) is 4.79 Å². The highest BCUT2D eigenvalue weighted by Gasteiger charge is 2.17. The zero-order valence-corrected chi connectivity index (χ0v) is 15.9. The number of hydrogen-bond donors (Lipinski definition) is 1. The molecule has 1 fully saturated rings. The standard InChI is InChI=1S/C17H27N3OS2/c1-12-11-13(2)20-17(19-12)23-14(3)16(21)18-9-10-22-15-7-5-4-6-8-15/h11,14-15H,4-10H2,1-3H3,(H,18,21)/t14-/m0/s1. The third-order valence-corrected chi connectivity index (χ3v) is 6.26. The third-order valence-electron chi connectivity index (χ3n) is 3.92. The summed E-state index contributed by atoms with van der Waals surface area (Å²) in [5, 5.41) is 4.35. The first-order valence-electron chi connectivity index (χ1n) is 8.43. The average molecular weight is 354 g/mol. The number of rotatable bonds is 7. The molecule has 1 aliphatic carbocycles. The molecule has 0 aromatic carbocycles. The van der Waals surface area contributed by atoms with Crippen molar-refractivity contribution in [1.29, 1.82) is 0 Å². The predicted octanol–water partition coefficient (Wildman–Crippen LogP) is 3.76. The van der Waals surface area contributed by atoms with Gasteiger partial charge in [0, 0.05) is 28.9 Å². The number of amides is 1. The largest absolute Gasteiger partial charge is 0.354 e. The van der Waals surface area contributed by atoms with Gasteiger partial charge in [-0.15, -0.1) is 0 Å². The highest BCUT2D eigenvalue weighted by atomic mass is 32.2. The number of nitrogens with zero attached hydrogens (tertiary/aromatic N) is 2. The lowest BCUT2D eigenvalue weighted by molar-refractivity contribution is -0.120. The Kier molecular flexibility index (Phi) is 7.70. The van der Waals surface area contributed by atoms with Gasteiger partial charge in [-0.25, -0.2) is 9.97 Å². The fraction of sp³-hybridized carbons (Fsp3) is 0.706. The maximum absolute atomic E-state index is 12.2. The van der Waals surface area contributed by atoms with E-state index in [1.54, 1.807) is 0 Å². The molecule has 6 heteroatoms.